The molecule has 2 aromatic carbocycles. The van der Waals surface area contributed by atoms with E-state index in [0.717, 1.165) is 28.2 Å². The highest BCUT2D eigenvalue weighted by Gasteiger charge is 2.20. The summed E-state index contributed by atoms with van der Waals surface area (Å²) in [5.74, 6) is -0.840. The smallest absolute Gasteiger partial charge is 0.240 e. The maximum atomic E-state index is 12.9. The van der Waals surface area contributed by atoms with Gasteiger partial charge in [-0.05, 0) is 42.0 Å². The van der Waals surface area contributed by atoms with Gasteiger partial charge in [-0.2, -0.15) is 5.10 Å². The van der Waals surface area contributed by atoms with Gasteiger partial charge in [0.1, 0.15) is 6.04 Å². The van der Waals surface area contributed by atoms with Crippen LogP contribution < -0.4 is 11.1 Å². The molecular formula is C30H32Cl2N6O3. The van der Waals surface area contributed by atoms with Gasteiger partial charge in [0.2, 0.25) is 11.8 Å². The van der Waals surface area contributed by atoms with E-state index in [-0.39, 0.29) is 12.3 Å². The van der Waals surface area contributed by atoms with Crippen LogP contribution in [0.3, 0.4) is 0 Å². The molecule has 2 aromatic heterocycles. The zero-order valence-electron chi connectivity index (χ0n) is 22.7. The van der Waals surface area contributed by atoms with Crippen LogP contribution in [0.15, 0.2) is 79.1 Å². The summed E-state index contributed by atoms with van der Waals surface area (Å²) >= 11 is 12.5. The van der Waals surface area contributed by atoms with Crippen molar-refractivity contribution in [1.82, 2.24) is 25.0 Å². The predicted octanol–water partition coefficient (Wildman–Crippen LogP) is 4.29. The summed E-state index contributed by atoms with van der Waals surface area (Å²) in [6.07, 6.45) is 3.96. The number of nitrogens with one attached hydrogen (secondary N) is 1. The van der Waals surface area contributed by atoms with Crippen LogP contribution in [0, 0.1) is 0 Å². The number of halogens is 2. The largest absolute Gasteiger partial charge is 0.383 e. The van der Waals surface area contributed by atoms with E-state index < -0.39 is 11.9 Å². The molecule has 0 aliphatic carbocycles. The van der Waals surface area contributed by atoms with E-state index in [9.17, 15) is 9.59 Å². The lowest BCUT2D eigenvalue weighted by Gasteiger charge is -2.23. The maximum Gasteiger partial charge on any atom is 0.240 e. The molecule has 0 saturated carbocycles. The fraction of sp³-hybridized carbons (Fsp3) is 0.267. The molecule has 9 nitrogen and oxygen atoms in total. The highest BCUT2D eigenvalue weighted by Crippen LogP contribution is 2.27. The van der Waals surface area contributed by atoms with E-state index in [0.29, 0.717) is 42.7 Å². The molecule has 0 fully saturated rings. The molecule has 0 radical (unpaired) electrons. The Morgan fingerprint density at radius 2 is 1.85 bits per heavy atom. The zero-order valence-corrected chi connectivity index (χ0v) is 24.2. The molecule has 3 N–H and O–H groups in total. The third-order valence-corrected chi connectivity index (χ3v) is 7.24. The first-order chi connectivity index (χ1) is 19.8. The second-order valence-corrected chi connectivity index (χ2v) is 10.3. The first kappa shape index (κ1) is 30.2. The predicted molar refractivity (Wildman–Crippen MR) is 160 cm³/mol. The fourth-order valence-electron chi connectivity index (χ4n) is 4.35. The average molecular weight is 596 g/mol. The molecular weight excluding hydrogens is 563 g/mol. The van der Waals surface area contributed by atoms with Gasteiger partial charge < -0.3 is 15.8 Å². The lowest BCUT2D eigenvalue weighted by atomic mass is 10.1. The van der Waals surface area contributed by atoms with E-state index in [1.165, 1.54) is 0 Å². The molecule has 214 valence electrons. The normalized spacial score (nSPS) is 11.9. The van der Waals surface area contributed by atoms with Crippen LogP contribution in [0.2, 0.25) is 10.0 Å². The molecule has 0 spiro atoms. The molecule has 41 heavy (non-hydrogen) atoms. The quantitative estimate of drug-likeness (QED) is 0.225. The van der Waals surface area contributed by atoms with Crippen LogP contribution in [0.4, 0.5) is 0 Å². The van der Waals surface area contributed by atoms with Gasteiger partial charge in [-0.3, -0.25) is 19.5 Å². The summed E-state index contributed by atoms with van der Waals surface area (Å²) < 4.78 is 7.14. The van der Waals surface area contributed by atoms with E-state index >= 15 is 0 Å². The Morgan fingerprint density at radius 3 is 2.54 bits per heavy atom. The van der Waals surface area contributed by atoms with Crippen LogP contribution >= 0.6 is 23.2 Å². The number of carbonyl (C=O) groups is 2. The van der Waals surface area contributed by atoms with Crippen LogP contribution in [-0.4, -0.2) is 64.3 Å². The number of hydrogen-bond donors (Lipinski definition) is 2. The minimum Gasteiger partial charge on any atom is -0.383 e. The Kier molecular flexibility index (Phi) is 10.9. The molecule has 0 bridgehead atoms. The van der Waals surface area contributed by atoms with E-state index in [2.05, 4.69) is 15.2 Å². The van der Waals surface area contributed by atoms with Crippen molar-refractivity contribution in [3.05, 3.63) is 100 Å². The van der Waals surface area contributed by atoms with Crippen molar-refractivity contribution in [3.63, 3.8) is 0 Å². The summed E-state index contributed by atoms with van der Waals surface area (Å²) in [5.41, 5.74) is 9.73. The SMILES string of the molecule is COCCN(CCC(=O)N[C@@H](Cc1ccccc1)C(N)=O)Cc1cc(-c2cccnc2)nn1-c1ccc(Cl)c(Cl)c1. The van der Waals surface area contributed by atoms with Gasteiger partial charge in [0.05, 0.1) is 33.7 Å². The minimum absolute atomic E-state index is 0.165. The van der Waals surface area contributed by atoms with Crippen molar-refractivity contribution >= 4 is 35.0 Å². The first-order valence-corrected chi connectivity index (χ1v) is 13.9. The second kappa shape index (κ2) is 14.7. The van der Waals surface area contributed by atoms with Crippen molar-refractivity contribution in [1.29, 1.82) is 0 Å². The van der Waals surface area contributed by atoms with Crippen molar-refractivity contribution in [2.45, 2.75) is 25.4 Å². The molecule has 1 atom stereocenters. The summed E-state index contributed by atoms with van der Waals surface area (Å²) in [7, 11) is 1.63. The summed E-state index contributed by atoms with van der Waals surface area (Å²) in [6, 6.07) is 19.8. The van der Waals surface area contributed by atoms with Gasteiger partial charge in [0.25, 0.3) is 0 Å². The number of carbonyl (C=O) groups excluding carboxylic acids is 2. The number of nitrogens with two attached hydrogens (primary N) is 1. The highest BCUT2D eigenvalue weighted by molar-refractivity contribution is 6.42. The second-order valence-electron chi connectivity index (χ2n) is 9.50. The number of benzene rings is 2. The topological polar surface area (TPSA) is 115 Å². The van der Waals surface area contributed by atoms with E-state index in [4.69, 9.17) is 38.8 Å². The third kappa shape index (κ3) is 8.61. The van der Waals surface area contributed by atoms with Crippen molar-refractivity contribution in [3.8, 4) is 16.9 Å². The van der Waals surface area contributed by atoms with Crippen LogP contribution in [0.25, 0.3) is 16.9 Å². The van der Waals surface area contributed by atoms with E-state index in [1.54, 1.807) is 31.6 Å². The molecule has 0 saturated heterocycles. The monoisotopic (exact) mass is 594 g/mol. The lowest BCUT2D eigenvalue weighted by molar-refractivity contribution is -0.127. The summed E-state index contributed by atoms with van der Waals surface area (Å²) in [6.45, 7) is 1.92. The molecule has 4 aromatic rings. The van der Waals surface area contributed by atoms with E-state index in [1.807, 2.05) is 59.3 Å². The summed E-state index contributed by atoms with van der Waals surface area (Å²) in [5, 5.41) is 8.49. The van der Waals surface area contributed by atoms with Crippen molar-refractivity contribution < 1.29 is 14.3 Å². The standard InChI is InChI=1S/C30H32Cl2N6O3/c1-41-15-14-37(13-11-29(39)35-28(30(33)40)16-21-6-3-2-4-7-21)20-24-18-27(22-8-5-12-34-19-22)36-38(24)23-9-10-25(31)26(32)17-23/h2-10,12,17-19,28H,11,13-16,20H2,1H3,(H2,33,40)(H,35,39)/t28-/m0/s1. The third-order valence-electron chi connectivity index (χ3n) is 6.50. The number of hydrogen-bond acceptors (Lipinski definition) is 6. The van der Waals surface area contributed by atoms with Gasteiger partial charge in [0, 0.05) is 57.5 Å². The Hall–Kier alpha value is -3.76. The number of rotatable bonds is 14. The van der Waals surface area contributed by atoms with Crippen molar-refractivity contribution in [2.75, 3.05) is 26.8 Å². The van der Waals surface area contributed by atoms with Gasteiger partial charge in [-0.25, -0.2) is 4.68 Å². The molecule has 0 unspecified atom stereocenters. The Bertz CT molecular complexity index is 1450. The van der Waals surface area contributed by atoms with Crippen LogP contribution in [0.5, 0.6) is 0 Å². The summed E-state index contributed by atoms with van der Waals surface area (Å²) in [4.78, 5) is 31.3. The number of pyridine rings is 1. The van der Waals surface area contributed by atoms with Gasteiger partial charge in [0.15, 0.2) is 0 Å². The molecule has 0 aliphatic heterocycles. The Labute approximate surface area is 249 Å². The molecule has 2 heterocycles. The minimum atomic E-state index is -0.796. The Morgan fingerprint density at radius 1 is 1.05 bits per heavy atom. The first-order valence-electron chi connectivity index (χ1n) is 13.1. The lowest BCUT2D eigenvalue weighted by Crippen LogP contribution is -2.46. The van der Waals surface area contributed by atoms with Gasteiger partial charge in [-0.15, -0.1) is 0 Å². The fourth-order valence-corrected chi connectivity index (χ4v) is 4.64. The van der Waals surface area contributed by atoms with Crippen LogP contribution in [-0.2, 0) is 27.3 Å². The number of amides is 2. The number of primary amides is 1. The van der Waals surface area contributed by atoms with Crippen molar-refractivity contribution in [2.24, 2.45) is 5.73 Å². The Balaban J connectivity index is 1.51. The zero-order chi connectivity index (χ0) is 29.2. The molecule has 0 aliphatic rings. The van der Waals surface area contributed by atoms with Gasteiger partial charge in [-0.1, -0.05) is 53.5 Å². The van der Waals surface area contributed by atoms with Crippen LogP contribution in [0.1, 0.15) is 17.7 Å². The molecule has 11 heteroatoms. The number of methoxy groups -OCH3 is 1. The number of aromatic nitrogens is 3. The number of ether oxygens (including phenoxy) is 1. The average Bonchev–Trinajstić information content (AvgIpc) is 3.40. The highest BCUT2D eigenvalue weighted by atomic mass is 35.5. The molecule has 4 rings (SSSR count). The number of nitrogens with zero attached hydrogens (tertiary/aromatic N) is 4. The van der Waals surface area contributed by atoms with Gasteiger partial charge >= 0.3 is 0 Å². The molecule has 2 amide bonds. The maximum absolute atomic E-state index is 12.9.